The van der Waals surface area contributed by atoms with E-state index in [0.717, 1.165) is 0 Å². The highest BCUT2D eigenvalue weighted by molar-refractivity contribution is 6.06. The number of aryl methyl sites for hydroxylation is 1. The average Bonchev–Trinajstić information content (AvgIpc) is 2.86. The Hall–Kier alpha value is -2.84. The van der Waals surface area contributed by atoms with Gasteiger partial charge in [0.1, 0.15) is 5.56 Å². The summed E-state index contributed by atoms with van der Waals surface area (Å²) in [5.74, 6) is -0.645. The second-order valence-corrected chi connectivity index (χ2v) is 3.53. The van der Waals surface area contributed by atoms with E-state index in [1.165, 1.54) is 29.1 Å². The van der Waals surface area contributed by atoms with Gasteiger partial charge in [0.05, 0.1) is 11.5 Å². The molecule has 0 aliphatic carbocycles. The molecule has 1 N–H and O–H groups in total. The second kappa shape index (κ2) is 5.21. The third-order valence-corrected chi connectivity index (χ3v) is 2.31. The quantitative estimate of drug-likeness (QED) is 0.645. The molecule has 2 aromatic rings. The minimum Gasteiger partial charge on any atom is -0.288 e. The third kappa shape index (κ3) is 2.70. The first-order valence-corrected chi connectivity index (χ1v) is 5.44. The molecule has 0 spiro atoms. The predicted molar refractivity (Wildman–Crippen MR) is 64.5 cm³/mol. The highest BCUT2D eigenvalue weighted by Gasteiger charge is 2.20. The fraction of sp³-hybridized carbons (Fsp3) is 0.200. The number of nitro benzene ring substituents is 1. The average molecular weight is 262 g/mol. The van der Waals surface area contributed by atoms with Gasteiger partial charge in [-0.15, -0.1) is 5.10 Å². The molecule has 98 valence electrons. The minimum atomic E-state index is -0.650. The topological polar surface area (TPSA) is 116 Å². The molecule has 1 aromatic heterocycles. The first-order chi connectivity index (χ1) is 9.11. The standard InChI is InChI=1S/C10H10N6O3/c1-2-15-13-10(12-14-15)11-9(17)7-5-3-4-6-8(7)16(18)19/h3-6H,2H2,1H3,(H,11,13,17). The van der Waals surface area contributed by atoms with Crippen LogP contribution in [0.25, 0.3) is 0 Å². The number of benzene rings is 1. The van der Waals surface area contributed by atoms with Crippen LogP contribution in [-0.2, 0) is 6.54 Å². The van der Waals surface area contributed by atoms with E-state index in [1.807, 2.05) is 6.92 Å². The van der Waals surface area contributed by atoms with Crippen molar-refractivity contribution in [3.8, 4) is 0 Å². The van der Waals surface area contributed by atoms with E-state index in [0.29, 0.717) is 6.54 Å². The number of carbonyl (C=O) groups is 1. The third-order valence-electron chi connectivity index (χ3n) is 2.31. The van der Waals surface area contributed by atoms with E-state index in [2.05, 4.69) is 20.7 Å². The van der Waals surface area contributed by atoms with Crippen molar-refractivity contribution in [1.29, 1.82) is 0 Å². The first kappa shape index (κ1) is 12.6. The van der Waals surface area contributed by atoms with Crippen molar-refractivity contribution in [3.63, 3.8) is 0 Å². The lowest BCUT2D eigenvalue weighted by molar-refractivity contribution is -0.385. The normalized spacial score (nSPS) is 10.2. The van der Waals surface area contributed by atoms with E-state index in [9.17, 15) is 14.9 Å². The van der Waals surface area contributed by atoms with Crippen LogP contribution in [0.5, 0.6) is 0 Å². The number of rotatable bonds is 4. The fourth-order valence-corrected chi connectivity index (χ4v) is 1.42. The Kier molecular flexibility index (Phi) is 3.46. The molecule has 1 heterocycles. The largest absolute Gasteiger partial charge is 0.288 e. The van der Waals surface area contributed by atoms with Gasteiger partial charge in [0.2, 0.25) is 0 Å². The summed E-state index contributed by atoms with van der Waals surface area (Å²) in [6.07, 6.45) is 0. The van der Waals surface area contributed by atoms with Gasteiger partial charge in [-0.1, -0.05) is 17.2 Å². The van der Waals surface area contributed by atoms with Crippen molar-refractivity contribution in [2.75, 3.05) is 5.32 Å². The molecule has 0 fully saturated rings. The zero-order valence-electron chi connectivity index (χ0n) is 9.98. The minimum absolute atomic E-state index is 0.00463. The molecule has 1 aromatic carbocycles. The van der Waals surface area contributed by atoms with E-state index in [1.54, 1.807) is 0 Å². The Morgan fingerprint density at radius 3 is 2.84 bits per heavy atom. The van der Waals surface area contributed by atoms with Crippen LogP contribution in [0.3, 0.4) is 0 Å². The Bertz CT molecular complexity index is 623. The summed E-state index contributed by atoms with van der Waals surface area (Å²) in [6, 6.07) is 5.64. The van der Waals surface area contributed by atoms with Gasteiger partial charge in [0, 0.05) is 6.07 Å². The van der Waals surface area contributed by atoms with Crippen LogP contribution < -0.4 is 5.32 Å². The number of anilines is 1. The molecule has 0 bridgehead atoms. The molecule has 0 saturated heterocycles. The number of nitrogens with zero attached hydrogens (tertiary/aromatic N) is 5. The van der Waals surface area contributed by atoms with Crippen LogP contribution in [0, 0.1) is 10.1 Å². The van der Waals surface area contributed by atoms with Gasteiger partial charge >= 0.3 is 0 Å². The molecule has 0 unspecified atom stereocenters. The number of tetrazole rings is 1. The number of aromatic nitrogens is 4. The second-order valence-electron chi connectivity index (χ2n) is 3.53. The Balaban J connectivity index is 2.22. The van der Waals surface area contributed by atoms with Crippen molar-refractivity contribution in [2.24, 2.45) is 0 Å². The van der Waals surface area contributed by atoms with Gasteiger partial charge in [-0.3, -0.25) is 20.2 Å². The zero-order valence-corrected chi connectivity index (χ0v) is 9.98. The molecule has 19 heavy (non-hydrogen) atoms. The van der Waals surface area contributed by atoms with Crippen LogP contribution >= 0.6 is 0 Å². The number of hydrogen-bond donors (Lipinski definition) is 1. The summed E-state index contributed by atoms with van der Waals surface area (Å²) in [4.78, 5) is 23.4. The summed E-state index contributed by atoms with van der Waals surface area (Å²) in [5, 5.41) is 24.3. The molecule has 2 rings (SSSR count). The summed E-state index contributed by atoms with van der Waals surface area (Å²) in [6.45, 7) is 2.32. The molecule has 0 aliphatic heterocycles. The van der Waals surface area contributed by atoms with E-state index in [-0.39, 0.29) is 17.2 Å². The molecular formula is C10H10N6O3. The predicted octanol–water partition coefficient (Wildman–Crippen LogP) is 0.854. The van der Waals surface area contributed by atoms with Gasteiger partial charge in [0.25, 0.3) is 17.5 Å². The highest BCUT2D eigenvalue weighted by Crippen LogP contribution is 2.18. The van der Waals surface area contributed by atoms with Crippen molar-refractivity contribution in [3.05, 3.63) is 39.9 Å². The van der Waals surface area contributed by atoms with Crippen molar-refractivity contribution < 1.29 is 9.72 Å². The van der Waals surface area contributed by atoms with Crippen LogP contribution in [0.2, 0.25) is 0 Å². The summed E-state index contributed by atoms with van der Waals surface area (Å²) < 4.78 is 0. The maximum atomic E-state index is 11.9. The number of nitrogens with one attached hydrogen (secondary N) is 1. The van der Waals surface area contributed by atoms with E-state index in [4.69, 9.17) is 0 Å². The Labute approximate surface area is 107 Å². The van der Waals surface area contributed by atoms with Crippen LogP contribution in [0.15, 0.2) is 24.3 Å². The number of hydrogen-bond acceptors (Lipinski definition) is 6. The number of carbonyl (C=O) groups excluding carboxylic acids is 1. The van der Waals surface area contributed by atoms with Gasteiger partial charge < -0.3 is 0 Å². The smallest absolute Gasteiger partial charge is 0.282 e. The molecule has 0 atom stereocenters. The lowest BCUT2D eigenvalue weighted by Gasteiger charge is -2.01. The van der Waals surface area contributed by atoms with Crippen molar-refractivity contribution in [1.82, 2.24) is 20.2 Å². The summed E-state index contributed by atoms with van der Waals surface area (Å²) >= 11 is 0. The Morgan fingerprint density at radius 2 is 2.21 bits per heavy atom. The Morgan fingerprint density at radius 1 is 1.47 bits per heavy atom. The van der Waals surface area contributed by atoms with E-state index < -0.39 is 10.8 Å². The van der Waals surface area contributed by atoms with Gasteiger partial charge in [0.15, 0.2) is 0 Å². The highest BCUT2D eigenvalue weighted by atomic mass is 16.6. The van der Waals surface area contributed by atoms with Gasteiger partial charge in [-0.2, -0.15) is 4.80 Å². The monoisotopic (exact) mass is 262 g/mol. The number of amides is 1. The summed E-state index contributed by atoms with van der Waals surface area (Å²) in [7, 11) is 0. The number of nitro groups is 1. The van der Waals surface area contributed by atoms with Crippen LogP contribution in [0.4, 0.5) is 11.6 Å². The maximum absolute atomic E-state index is 11.9. The molecule has 9 heteroatoms. The fourth-order valence-electron chi connectivity index (χ4n) is 1.42. The van der Waals surface area contributed by atoms with Crippen LogP contribution in [-0.4, -0.2) is 31.0 Å². The van der Waals surface area contributed by atoms with Gasteiger partial charge in [-0.05, 0) is 18.2 Å². The zero-order chi connectivity index (χ0) is 13.8. The van der Waals surface area contributed by atoms with Crippen molar-refractivity contribution >= 4 is 17.5 Å². The first-order valence-electron chi connectivity index (χ1n) is 5.44. The molecule has 1 amide bonds. The molecule has 0 aliphatic rings. The molecule has 9 nitrogen and oxygen atoms in total. The van der Waals surface area contributed by atoms with Gasteiger partial charge in [-0.25, -0.2) is 0 Å². The van der Waals surface area contributed by atoms with Crippen molar-refractivity contribution in [2.45, 2.75) is 13.5 Å². The van der Waals surface area contributed by atoms with E-state index >= 15 is 0 Å². The molecule has 0 radical (unpaired) electrons. The molecule has 0 saturated carbocycles. The lowest BCUT2D eigenvalue weighted by Crippen LogP contribution is -2.15. The summed E-state index contributed by atoms with van der Waals surface area (Å²) in [5.41, 5.74) is -0.330. The lowest BCUT2D eigenvalue weighted by atomic mass is 10.1. The maximum Gasteiger partial charge on any atom is 0.282 e. The number of para-hydroxylation sites is 1. The SMILES string of the molecule is CCn1nnc(NC(=O)c2ccccc2[N+](=O)[O-])n1. The van der Waals surface area contributed by atoms with Crippen LogP contribution in [0.1, 0.15) is 17.3 Å². The molecular weight excluding hydrogens is 252 g/mol.